The summed E-state index contributed by atoms with van der Waals surface area (Å²) in [7, 11) is 3.47. The third-order valence-corrected chi connectivity index (χ3v) is 8.34. The van der Waals surface area contributed by atoms with Gasteiger partial charge in [-0.05, 0) is 23.6 Å². The largest absolute Gasteiger partial charge is 0.340 e. The molecule has 0 saturated heterocycles. The predicted octanol–water partition coefficient (Wildman–Crippen LogP) is 5.19. The molecule has 0 unspecified atom stereocenters. The van der Waals surface area contributed by atoms with Gasteiger partial charge in [-0.2, -0.15) is 0 Å². The highest BCUT2D eigenvalue weighted by Gasteiger charge is 2.18. The molecule has 5 nitrogen and oxygen atoms in total. The summed E-state index contributed by atoms with van der Waals surface area (Å²) in [5, 5.41) is 5.16. The topological polar surface area (TPSA) is 55.2 Å². The van der Waals surface area contributed by atoms with Gasteiger partial charge in [0.25, 0.3) is 5.56 Å². The van der Waals surface area contributed by atoms with Gasteiger partial charge in [-0.3, -0.25) is 14.2 Å². The zero-order valence-corrected chi connectivity index (χ0v) is 19.6. The van der Waals surface area contributed by atoms with Crippen molar-refractivity contribution < 1.29 is 4.79 Å². The van der Waals surface area contributed by atoms with Crippen LogP contribution in [0.25, 0.3) is 20.7 Å². The van der Waals surface area contributed by atoms with Crippen LogP contribution >= 0.6 is 57.4 Å². The highest BCUT2D eigenvalue weighted by molar-refractivity contribution is 7.99. The number of amides is 1. The van der Waals surface area contributed by atoms with Crippen molar-refractivity contribution in [3.05, 3.63) is 54.6 Å². The monoisotopic (exact) mass is 481 g/mol. The lowest BCUT2D eigenvalue weighted by Gasteiger charge is -2.16. The number of carbonyl (C=O) groups is 1. The van der Waals surface area contributed by atoms with Gasteiger partial charge in [0, 0.05) is 34.8 Å². The van der Waals surface area contributed by atoms with Crippen molar-refractivity contribution >= 4 is 73.5 Å². The maximum Gasteiger partial charge on any atom is 0.263 e. The van der Waals surface area contributed by atoms with Gasteiger partial charge in [-0.1, -0.05) is 29.4 Å². The van der Waals surface area contributed by atoms with Gasteiger partial charge in [-0.25, -0.2) is 4.98 Å². The fourth-order valence-electron chi connectivity index (χ4n) is 2.79. The highest BCUT2D eigenvalue weighted by Crippen LogP contribution is 2.34. The summed E-state index contributed by atoms with van der Waals surface area (Å²) in [5.74, 6) is 0.184. The standard InChI is InChI=1S/C19H16ClN3O2S4/c1-22(8-11-5-6-14(20)29-11)15(24)10-28-19-21-17-16(18(25)23(19)2)12(9-27-17)13-4-3-7-26-13/h3-7,9H,8,10H2,1-2H3. The molecule has 4 rings (SSSR count). The molecular formula is C19H16ClN3O2S4. The molecule has 0 spiro atoms. The Bertz CT molecular complexity index is 1230. The average molecular weight is 482 g/mol. The van der Waals surface area contributed by atoms with E-state index in [0.717, 1.165) is 15.3 Å². The molecule has 0 aromatic carbocycles. The summed E-state index contributed by atoms with van der Waals surface area (Å²) in [6.07, 6.45) is 0. The van der Waals surface area contributed by atoms with E-state index in [1.807, 2.05) is 35.0 Å². The Balaban J connectivity index is 1.52. The fourth-order valence-corrected chi connectivity index (χ4v) is 6.65. The van der Waals surface area contributed by atoms with E-state index >= 15 is 0 Å². The second-order valence-electron chi connectivity index (χ2n) is 6.31. The second kappa shape index (κ2) is 8.61. The van der Waals surface area contributed by atoms with Gasteiger partial charge in [0.15, 0.2) is 5.16 Å². The minimum absolute atomic E-state index is 0.0284. The van der Waals surface area contributed by atoms with Crippen molar-refractivity contribution in [3.8, 4) is 10.4 Å². The van der Waals surface area contributed by atoms with Crippen LogP contribution in [0.5, 0.6) is 0 Å². The summed E-state index contributed by atoms with van der Waals surface area (Å²) < 4.78 is 2.24. The number of aromatic nitrogens is 2. The molecule has 0 atom stereocenters. The lowest BCUT2D eigenvalue weighted by atomic mass is 10.2. The highest BCUT2D eigenvalue weighted by atomic mass is 35.5. The van der Waals surface area contributed by atoms with Crippen molar-refractivity contribution in [1.82, 2.24) is 14.5 Å². The Morgan fingerprint density at radius 2 is 2.14 bits per heavy atom. The zero-order chi connectivity index (χ0) is 20.5. The first-order valence-electron chi connectivity index (χ1n) is 8.57. The Hall–Kier alpha value is -1.65. The Kier molecular flexibility index (Phi) is 6.12. The maximum absolute atomic E-state index is 13.0. The van der Waals surface area contributed by atoms with Crippen molar-refractivity contribution in [2.24, 2.45) is 7.05 Å². The predicted molar refractivity (Wildman–Crippen MR) is 125 cm³/mol. The maximum atomic E-state index is 13.0. The molecular weight excluding hydrogens is 466 g/mol. The van der Waals surface area contributed by atoms with Gasteiger partial charge in [0.05, 0.1) is 22.0 Å². The minimum atomic E-state index is -0.0869. The van der Waals surface area contributed by atoms with E-state index in [4.69, 9.17) is 11.6 Å². The summed E-state index contributed by atoms with van der Waals surface area (Å²) >= 11 is 11.8. The summed E-state index contributed by atoms with van der Waals surface area (Å²) in [6.45, 7) is 0.511. The Morgan fingerprint density at radius 1 is 1.31 bits per heavy atom. The van der Waals surface area contributed by atoms with E-state index in [1.54, 1.807) is 30.3 Å². The summed E-state index contributed by atoms with van der Waals surface area (Å²) in [4.78, 5) is 34.6. The molecule has 4 aromatic heterocycles. The first kappa shape index (κ1) is 20.6. The number of thiophene rings is 3. The smallest absolute Gasteiger partial charge is 0.263 e. The fraction of sp³-hybridized carbons (Fsp3) is 0.211. The van der Waals surface area contributed by atoms with Crippen LogP contribution in [0.1, 0.15) is 4.88 Å². The molecule has 0 bridgehead atoms. The van der Waals surface area contributed by atoms with E-state index < -0.39 is 0 Å². The second-order valence-corrected chi connectivity index (χ2v) is 10.9. The van der Waals surface area contributed by atoms with Gasteiger partial charge >= 0.3 is 0 Å². The molecule has 1 amide bonds. The molecule has 0 fully saturated rings. The Morgan fingerprint density at radius 3 is 2.83 bits per heavy atom. The third kappa shape index (κ3) is 4.29. The molecule has 0 saturated carbocycles. The lowest BCUT2D eigenvalue weighted by Crippen LogP contribution is -2.28. The SMILES string of the molecule is CN(Cc1ccc(Cl)s1)C(=O)CSc1nc2scc(-c3cccs3)c2c(=O)n1C. The van der Waals surface area contributed by atoms with E-state index in [0.29, 0.717) is 26.3 Å². The molecule has 4 heterocycles. The molecule has 10 heteroatoms. The quantitative estimate of drug-likeness (QED) is 0.281. The number of rotatable bonds is 6. The first-order chi connectivity index (χ1) is 13.9. The first-order valence-corrected chi connectivity index (χ1v) is 12.5. The number of halogens is 1. The number of fused-ring (bicyclic) bond motifs is 1. The van der Waals surface area contributed by atoms with E-state index in [9.17, 15) is 9.59 Å². The lowest BCUT2D eigenvalue weighted by molar-refractivity contribution is -0.127. The van der Waals surface area contributed by atoms with Crippen LogP contribution < -0.4 is 5.56 Å². The van der Waals surface area contributed by atoms with Gasteiger partial charge in [-0.15, -0.1) is 34.0 Å². The van der Waals surface area contributed by atoms with E-state index in [-0.39, 0.29) is 17.2 Å². The van der Waals surface area contributed by atoms with Gasteiger partial charge in [0.1, 0.15) is 4.83 Å². The molecule has 150 valence electrons. The van der Waals surface area contributed by atoms with Crippen LogP contribution in [0.15, 0.2) is 45.0 Å². The third-order valence-electron chi connectivity index (χ3n) is 4.33. The van der Waals surface area contributed by atoms with Gasteiger partial charge < -0.3 is 4.90 Å². The van der Waals surface area contributed by atoms with Crippen LogP contribution in [0.2, 0.25) is 4.34 Å². The number of hydrogen-bond donors (Lipinski definition) is 0. The molecule has 0 aliphatic rings. The summed E-state index contributed by atoms with van der Waals surface area (Å²) in [6, 6.07) is 7.72. The van der Waals surface area contributed by atoms with Crippen molar-refractivity contribution in [2.75, 3.05) is 12.8 Å². The van der Waals surface area contributed by atoms with Crippen LogP contribution in [-0.2, 0) is 18.4 Å². The van der Waals surface area contributed by atoms with Gasteiger partial charge in [0.2, 0.25) is 5.91 Å². The van der Waals surface area contributed by atoms with Crippen molar-refractivity contribution in [3.63, 3.8) is 0 Å². The molecule has 29 heavy (non-hydrogen) atoms. The number of hydrogen-bond acceptors (Lipinski definition) is 7. The number of nitrogens with zero attached hydrogens (tertiary/aromatic N) is 3. The normalized spacial score (nSPS) is 11.3. The van der Waals surface area contributed by atoms with Crippen LogP contribution in [0, 0.1) is 0 Å². The molecule has 0 N–H and O–H groups in total. The molecule has 0 radical (unpaired) electrons. The van der Waals surface area contributed by atoms with Crippen LogP contribution in [0.4, 0.5) is 0 Å². The molecule has 0 aliphatic carbocycles. The number of thioether (sulfide) groups is 1. The zero-order valence-electron chi connectivity index (χ0n) is 15.5. The van der Waals surface area contributed by atoms with Crippen molar-refractivity contribution in [2.45, 2.75) is 11.7 Å². The van der Waals surface area contributed by atoms with Crippen LogP contribution in [0.3, 0.4) is 0 Å². The molecule has 0 aliphatic heterocycles. The Labute approximate surface area is 188 Å². The van der Waals surface area contributed by atoms with E-state index in [2.05, 4.69) is 4.98 Å². The average Bonchev–Trinajstić information content (AvgIpc) is 3.43. The molecule has 4 aromatic rings. The van der Waals surface area contributed by atoms with Crippen molar-refractivity contribution in [1.29, 1.82) is 0 Å². The van der Waals surface area contributed by atoms with E-state index in [1.165, 1.54) is 39.0 Å². The minimum Gasteiger partial charge on any atom is -0.340 e. The summed E-state index contributed by atoms with van der Waals surface area (Å²) in [5.41, 5.74) is 0.839. The van der Waals surface area contributed by atoms with Crippen LogP contribution in [-0.4, -0.2) is 33.2 Å². The number of carbonyl (C=O) groups excluding carboxylic acids is 1.